The summed E-state index contributed by atoms with van der Waals surface area (Å²) < 4.78 is 9.75. The van der Waals surface area contributed by atoms with Crippen LogP contribution in [0.4, 0.5) is 0 Å². The van der Waals surface area contributed by atoms with Crippen molar-refractivity contribution in [3.05, 3.63) is 41.5 Å². The first kappa shape index (κ1) is 16.0. The van der Waals surface area contributed by atoms with Crippen molar-refractivity contribution in [2.45, 2.75) is 39.9 Å². The average Bonchev–Trinajstić information content (AvgIpc) is 2.36. The van der Waals surface area contributed by atoms with Crippen LogP contribution in [0.2, 0.25) is 0 Å². The summed E-state index contributed by atoms with van der Waals surface area (Å²) in [6.07, 6.45) is 4.47. The Labute approximate surface area is 119 Å². The Morgan fingerprint density at radius 2 is 1.65 bits per heavy atom. The van der Waals surface area contributed by atoms with Crippen LogP contribution in [0.15, 0.2) is 30.3 Å². The molecular weight excluding hydrogens is 256 g/mol. The second-order valence-electron chi connectivity index (χ2n) is 4.44. The van der Waals surface area contributed by atoms with E-state index in [4.69, 9.17) is 9.47 Å². The summed E-state index contributed by atoms with van der Waals surface area (Å²) in [4.78, 5) is 21.8. The minimum Gasteiger partial charge on any atom is -0.421 e. The van der Waals surface area contributed by atoms with E-state index in [1.807, 2.05) is 12.1 Å². The van der Waals surface area contributed by atoms with Crippen molar-refractivity contribution in [3.8, 4) is 0 Å². The number of hydrogen-bond acceptors (Lipinski definition) is 4. The molecule has 0 bridgehead atoms. The maximum absolute atomic E-state index is 10.9. The van der Waals surface area contributed by atoms with E-state index in [0.717, 1.165) is 18.4 Å². The molecule has 0 unspecified atom stereocenters. The molecule has 0 N–H and O–H groups in total. The van der Waals surface area contributed by atoms with E-state index in [1.54, 1.807) is 6.08 Å². The zero-order valence-electron chi connectivity index (χ0n) is 12.1. The standard InChI is InChI=1S/C16H20O4/c1-4-5-14-6-8-15(9-7-14)10-11-16(19-12(2)17)20-13(3)18/h6-11,16H,4-5H2,1-3H3. The predicted molar refractivity (Wildman–Crippen MR) is 76.8 cm³/mol. The number of carbonyl (C=O) groups excluding carboxylic acids is 2. The van der Waals surface area contributed by atoms with Gasteiger partial charge in [-0.1, -0.05) is 43.7 Å². The molecule has 0 amide bonds. The van der Waals surface area contributed by atoms with Crippen molar-refractivity contribution in [2.24, 2.45) is 0 Å². The second-order valence-corrected chi connectivity index (χ2v) is 4.44. The summed E-state index contributed by atoms with van der Waals surface area (Å²) >= 11 is 0. The third-order valence-corrected chi connectivity index (χ3v) is 2.53. The van der Waals surface area contributed by atoms with Crippen LogP contribution in [0, 0.1) is 0 Å². The Bertz CT molecular complexity index is 458. The van der Waals surface area contributed by atoms with Crippen molar-refractivity contribution in [2.75, 3.05) is 0 Å². The third-order valence-electron chi connectivity index (χ3n) is 2.53. The molecule has 108 valence electrons. The normalized spacial score (nSPS) is 10.8. The van der Waals surface area contributed by atoms with Gasteiger partial charge in [0.1, 0.15) is 0 Å². The molecule has 4 nitrogen and oxygen atoms in total. The van der Waals surface area contributed by atoms with Crippen LogP contribution in [0.25, 0.3) is 6.08 Å². The van der Waals surface area contributed by atoms with E-state index < -0.39 is 18.2 Å². The molecule has 0 saturated heterocycles. The lowest BCUT2D eigenvalue weighted by molar-refractivity contribution is -0.176. The van der Waals surface area contributed by atoms with E-state index in [1.165, 1.54) is 25.5 Å². The Morgan fingerprint density at radius 1 is 1.10 bits per heavy atom. The van der Waals surface area contributed by atoms with Crippen molar-refractivity contribution < 1.29 is 19.1 Å². The quantitative estimate of drug-likeness (QED) is 0.592. The minimum atomic E-state index is -0.986. The summed E-state index contributed by atoms with van der Waals surface area (Å²) in [5.41, 5.74) is 2.23. The zero-order valence-corrected chi connectivity index (χ0v) is 12.1. The summed E-state index contributed by atoms with van der Waals surface area (Å²) in [5.74, 6) is -1.00. The van der Waals surface area contributed by atoms with Gasteiger partial charge in [-0.25, -0.2) is 0 Å². The van der Waals surface area contributed by atoms with Crippen LogP contribution >= 0.6 is 0 Å². The smallest absolute Gasteiger partial charge is 0.305 e. The van der Waals surface area contributed by atoms with Crippen LogP contribution in [-0.4, -0.2) is 18.2 Å². The number of benzene rings is 1. The largest absolute Gasteiger partial charge is 0.421 e. The molecule has 1 aromatic carbocycles. The molecule has 0 saturated carbocycles. The highest BCUT2D eigenvalue weighted by atomic mass is 16.7. The Kier molecular flexibility index (Phi) is 6.50. The number of esters is 2. The highest BCUT2D eigenvalue weighted by Gasteiger charge is 2.10. The van der Waals surface area contributed by atoms with Gasteiger partial charge in [-0.2, -0.15) is 0 Å². The first-order valence-electron chi connectivity index (χ1n) is 6.63. The van der Waals surface area contributed by atoms with Gasteiger partial charge in [0.2, 0.25) is 0 Å². The second kappa shape index (κ2) is 8.15. The Balaban J connectivity index is 2.70. The molecule has 0 atom stereocenters. The molecule has 0 fully saturated rings. The van der Waals surface area contributed by atoms with Gasteiger partial charge in [-0.15, -0.1) is 0 Å². The van der Waals surface area contributed by atoms with Gasteiger partial charge < -0.3 is 9.47 Å². The van der Waals surface area contributed by atoms with Gasteiger partial charge in [0, 0.05) is 13.8 Å². The highest BCUT2D eigenvalue weighted by Crippen LogP contribution is 2.10. The number of carbonyl (C=O) groups is 2. The molecule has 4 heteroatoms. The van der Waals surface area contributed by atoms with E-state index in [0.29, 0.717) is 0 Å². The maximum atomic E-state index is 10.9. The van der Waals surface area contributed by atoms with Crippen LogP contribution in [0.3, 0.4) is 0 Å². The van der Waals surface area contributed by atoms with E-state index >= 15 is 0 Å². The Morgan fingerprint density at radius 3 is 2.10 bits per heavy atom. The molecule has 0 radical (unpaired) electrons. The Hall–Kier alpha value is -2.10. The summed E-state index contributed by atoms with van der Waals surface area (Å²) in [6, 6.07) is 8.05. The molecule has 1 rings (SSSR count). The van der Waals surface area contributed by atoms with Gasteiger partial charge in [0.05, 0.1) is 0 Å². The van der Waals surface area contributed by atoms with Crippen LogP contribution < -0.4 is 0 Å². The molecule has 0 aliphatic rings. The lowest BCUT2D eigenvalue weighted by Crippen LogP contribution is -2.19. The lowest BCUT2D eigenvalue weighted by atomic mass is 10.1. The molecule has 20 heavy (non-hydrogen) atoms. The summed E-state index contributed by atoms with van der Waals surface area (Å²) in [6.45, 7) is 4.67. The topological polar surface area (TPSA) is 52.6 Å². The fourth-order valence-electron chi connectivity index (χ4n) is 1.70. The molecule has 0 aliphatic carbocycles. The van der Waals surface area contributed by atoms with Gasteiger partial charge in [0.25, 0.3) is 6.29 Å². The first-order chi connectivity index (χ1) is 9.51. The van der Waals surface area contributed by atoms with E-state index in [9.17, 15) is 9.59 Å². The van der Waals surface area contributed by atoms with Crippen LogP contribution in [0.5, 0.6) is 0 Å². The number of hydrogen-bond donors (Lipinski definition) is 0. The third kappa shape index (κ3) is 6.18. The van der Waals surface area contributed by atoms with Crippen molar-refractivity contribution in [3.63, 3.8) is 0 Å². The lowest BCUT2D eigenvalue weighted by Gasteiger charge is -2.12. The fraction of sp³-hybridized carbons (Fsp3) is 0.375. The van der Waals surface area contributed by atoms with Crippen molar-refractivity contribution in [1.82, 2.24) is 0 Å². The van der Waals surface area contributed by atoms with Gasteiger partial charge >= 0.3 is 11.9 Å². The molecule has 0 aromatic heterocycles. The number of aryl methyl sites for hydroxylation is 1. The fourth-order valence-corrected chi connectivity index (χ4v) is 1.70. The van der Waals surface area contributed by atoms with Crippen molar-refractivity contribution >= 4 is 18.0 Å². The molecule has 0 aliphatic heterocycles. The van der Waals surface area contributed by atoms with Gasteiger partial charge in [-0.3, -0.25) is 9.59 Å². The van der Waals surface area contributed by atoms with Gasteiger partial charge in [-0.05, 0) is 23.6 Å². The van der Waals surface area contributed by atoms with E-state index in [-0.39, 0.29) is 0 Å². The SMILES string of the molecule is CCCc1ccc(C=CC(OC(C)=O)OC(C)=O)cc1. The summed E-state index contributed by atoms with van der Waals surface area (Å²) in [5, 5.41) is 0. The van der Waals surface area contributed by atoms with E-state index in [2.05, 4.69) is 19.1 Å². The van der Waals surface area contributed by atoms with Crippen LogP contribution in [0.1, 0.15) is 38.3 Å². The maximum Gasteiger partial charge on any atom is 0.305 e. The molecular formula is C16H20O4. The molecule has 0 heterocycles. The van der Waals surface area contributed by atoms with Crippen molar-refractivity contribution in [1.29, 1.82) is 0 Å². The summed E-state index contributed by atoms with van der Waals surface area (Å²) in [7, 11) is 0. The number of ether oxygens (including phenoxy) is 2. The average molecular weight is 276 g/mol. The van der Waals surface area contributed by atoms with Gasteiger partial charge in [0.15, 0.2) is 0 Å². The highest BCUT2D eigenvalue weighted by molar-refractivity contribution is 5.68. The predicted octanol–water partition coefficient (Wildman–Crippen LogP) is 3.10. The molecule has 1 aromatic rings. The minimum absolute atomic E-state index is 0.501. The first-order valence-corrected chi connectivity index (χ1v) is 6.63. The molecule has 0 spiro atoms. The van der Waals surface area contributed by atoms with Crippen LogP contribution in [-0.2, 0) is 25.5 Å². The zero-order chi connectivity index (χ0) is 15.0. The monoisotopic (exact) mass is 276 g/mol. The number of rotatable bonds is 6.